The van der Waals surface area contributed by atoms with Crippen molar-refractivity contribution in [2.24, 2.45) is 5.41 Å². The molecule has 0 aromatic rings. The summed E-state index contributed by atoms with van der Waals surface area (Å²) in [7, 11) is 0. The van der Waals surface area contributed by atoms with E-state index in [1.165, 1.54) is 12.2 Å². The predicted molar refractivity (Wildman–Crippen MR) is 341 cm³/mol. The number of hydrogen-bond donors (Lipinski definition) is 0. The Morgan fingerprint density at radius 3 is 0.655 bits per heavy atom. The molecule has 4 atom stereocenters. The van der Waals surface area contributed by atoms with Crippen molar-refractivity contribution in [3.05, 3.63) is 25.3 Å². The Balaban J connectivity index is 4.47. The lowest BCUT2D eigenvalue weighted by atomic mass is 9.44. The Labute approximate surface area is 528 Å². The maximum Gasteiger partial charge on any atom is 0.270 e. The van der Waals surface area contributed by atoms with E-state index in [2.05, 4.69) is 13.2 Å². The highest BCUT2D eigenvalue weighted by Gasteiger charge is 2.97. The minimum Gasteiger partial charge on any atom is -0.368 e. The molecule has 2 aliphatic carbocycles. The van der Waals surface area contributed by atoms with Crippen LogP contribution in [0.2, 0.25) is 0 Å². The van der Waals surface area contributed by atoms with Gasteiger partial charge in [-0.3, -0.25) is 9.59 Å². The molecule has 0 radical (unpaired) electrons. The van der Waals surface area contributed by atoms with Crippen LogP contribution in [-0.2, 0) is 85.4 Å². The Morgan fingerprint density at radius 1 is 0.287 bits per heavy atom. The quantitative estimate of drug-likeness (QED) is 0.0414. The molecule has 0 N–H and O–H groups in total. The molecule has 0 saturated heterocycles. The van der Waals surface area contributed by atoms with Crippen LogP contribution in [-0.4, -0.2) is 174 Å². The maximum atomic E-state index is 16.6. The number of ether oxygens (including phenoxy) is 16. The van der Waals surface area contributed by atoms with Crippen molar-refractivity contribution in [1.82, 2.24) is 0 Å². The molecular formula is C69H128O18. The van der Waals surface area contributed by atoms with Gasteiger partial charge in [0.15, 0.2) is 11.6 Å². The van der Waals surface area contributed by atoms with Crippen LogP contribution in [0.5, 0.6) is 0 Å². The highest BCUT2D eigenvalue weighted by atomic mass is 16.8. The lowest BCUT2D eigenvalue weighted by Crippen LogP contribution is -2.98. The normalized spacial score (nSPS) is 24.5. The van der Waals surface area contributed by atoms with Gasteiger partial charge in [-0.25, -0.2) is 0 Å². The predicted octanol–water partition coefficient (Wildman–Crippen LogP) is 14.3. The summed E-state index contributed by atoms with van der Waals surface area (Å²) in [6.45, 7) is 44.7. The number of carbonyl (C=O) groups excluding carboxylic acids is 2. The second-order valence-corrected chi connectivity index (χ2v) is 23.7. The van der Waals surface area contributed by atoms with Crippen LogP contribution < -0.4 is 0 Å². The van der Waals surface area contributed by atoms with E-state index in [1.54, 1.807) is 0 Å². The third kappa shape index (κ3) is 14.8. The van der Waals surface area contributed by atoms with E-state index in [0.717, 1.165) is 0 Å². The van der Waals surface area contributed by atoms with Crippen molar-refractivity contribution in [2.45, 2.75) is 297 Å². The lowest BCUT2D eigenvalue weighted by molar-refractivity contribution is -0.577. The monoisotopic (exact) mass is 1240 g/mol. The van der Waals surface area contributed by atoms with Crippen LogP contribution in [0.3, 0.4) is 0 Å². The SMILES string of the molecule is C=CC(=O)C1(OCCC)C(OCCC)(OCCC)CC(OCCC)(C(C)(C)C2(OCCC)CC(OCCC)(OCCC)C(OCCC)(C(=O)C=C)C(OCCC)(OCCC)C2(OCCC)OCCC)C(OCCC)(OCCC)C1(OCCC)OCCC. The maximum absolute atomic E-state index is 16.6. The summed E-state index contributed by atoms with van der Waals surface area (Å²) in [4.78, 5) is 33.1. The molecule has 2 aliphatic rings. The van der Waals surface area contributed by atoms with Gasteiger partial charge in [0.25, 0.3) is 23.1 Å². The average Bonchev–Trinajstić information content (AvgIpc) is 0.638. The molecule has 2 saturated carbocycles. The van der Waals surface area contributed by atoms with Crippen LogP contribution >= 0.6 is 0 Å². The van der Waals surface area contributed by atoms with Crippen molar-refractivity contribution in [1.29, 1.82) is 0 Å². The summed E-state index contributed by atoms with van der Waals surface area (Å²) in [5.41, 5.74) is -11.1. The topological polar surface area (TPSA) is 182 Å². The summed E-state index contributed by atoms with van der Waals surface area (Å²) < 4.78 is 124. The van der Waals surface area contributed by atoms with E-state index in [9.17, 15) is 0 Å². The zero-order valence-corrected chi connectivity index (χ0v) is 58.5. The van der Waals surface area contributed by atoms with Crippen LogP contribution in [0.15, 0.2) is 25.3 Å². The number of carbonyl (C=O) groups is 2. The summed E-state index contributed by atoms with van der Waals surface area (Å²) >= 11 is 0. The molecule has 0 amide bonds. The Morgan fingerprint density at radius 2 is 0.460 bits per heavy atom. The summed E-state index contributed by atoms with van der Waals surface area (Å²) in [6.07, 6.45) is 8.93. The zero-order valence-electron chi connectivity index (χ0n) is 58.5. The lowest BCUT2D eigenvalue weighted by Gasteiger charge is -2.77. The van der Waals surface area contributed by atoms with Gasteiger partial charge in [0.2, 0.25) is 22.8 Å². The smallest absolute Gasteiger partial charge is 0.270 e. The second kappa shape index (κ2) is 39.0. The highest BCUT2D eigenvalue weighted by molar-refractivity contribution is 6.00. The largest absolute Gasteiger partial charge is 0.368 e. The van der Waals surface area contributed by atoms with E-state index in [1.807, 2.05) is 125 Å². The van der Waals surface area contributed by atoms with Crippen molar-refractivity contribution in [3.63, 3.8) is 0 Å². The summed E-state index contributed by atoms with van der Waals surface area (Å²) in [5.74, 6) is -15.7. The van der Waals surface area contributed by atoms with Gasteiger partial charge in [0, 0.05) is 71.1 Å². The first-order valence-corrected chi connectivity index (χ1v) is 34.4. The molecule has 0 aromatic heterocycles. The van der Waals surface area contributed by atoms with E-state index in [0.29, 0.717) is 103 Å². The molecule has 2 rings (SSSR count). The van der Waals surface area contributed by atoms with Gasteiger partial charge in [-0.05, 0) is 115 Å². The first-order chi connectivity index (χ1) is 41.8. The molecule has 0 aliphatic heterocycles. The Hall–Kier alpha value is -1.82. The number of hydrogen-bond acceptors (Lipinski definition) is 18. The molecular weight excluding hydrogens is 1120 g/mol. The number of rotatable bonds is 54. The minimum absolute atomic E-state index is 0.000521. The van der Waals surface area contributed by atoms with Gasteiger partial charge < -0.3 is 75.8 Å². The molecule has 4 unspecified atom stereocenters. The van der Waals surface area contributed by atoms with Gasteiger partial charge in [0.1, 0.15) is 11.2 Å². The molecule has 0 spiro atoms. The fraction of sp³-hybridized carbons (Fsp3) is 0.913. The third-order valence-corrected chi connectivity index (χ3v) is 16.4. The standard InChI is InChI=1S/C69H128O18/c1-21-39-72-60(55-62(74-41-23-3,75-42-24-4)64(57(70)37-17,78-45-27-7)68(84-51-33-13,85-52-34-14)66(60,80-47-29-9)81-48-30-10)59(19,20)61(73-40-22-2)56-63(76-43-25-5,77-44-26-6)65(58(71)38-18,79-46-28-8)69(86-53-35-15,87-54-36-16)67(61,82-49-31-11)83-50-32-12/h37-38H,17-18,21-36,39-56H2,1-16,19-20H3. The molecule has 18 heteroatoms. The van der Waals surface area contributed by atoms with Crippen molar-refractivity contribution >= 4 is 11.6 Å². The molecule has 0 aromatic carbocycles. The van der Waals surface area contributed by atoms with E-state index >= 15 is 9.59 Å². The summed E-state index contributed by atoms with van der Waals surface area (Å²) in [5, 5.41) is 0. The van der Waals surface area contributed by atoms with Gasteiger partial charge >= 0.3 is 0 Å². The second-order valence-electron chi connectivity index (χ2n) is 23.7. The van der Waals surface area contributed by atoms with Gasteiger partial charge in [-0.1, -0.05) is 138 Å². The van der Waals surface area contributed by atoms with E-state index in [4.69, 9.17) is 75.8 Å². The Kier molecular flexibility index (Phi) is 36.4. The van der Waals surface area contributed by atoms with E-state index < -0.39 is 86.9 Å². The molecule has 2 fully saturated rings. The molecule has 18 nitrogen and oxygen atoms in total. The zero-order chi connectivity index (χ0) is 65.4. The fourth-order valence-corrected chi connectivity index (χ4v) is 13.0. The van der Waals surface area contributed by atoms with Crippen LogP contribution in [0.4, 0.5) is 0 Å². The van der Waals surface area contributed by atoms with Crippen molar-refractivity contribution < 1.29 is 85.4 Å². The van der Waals surface area contributed by atoms with Gasteiger partial charge in [0.05, 0.1) is 52.9 Å². The fourth-order valence-electron chi connectivity index (χ4n) is 13.0. The van der Waals surface area contributed by atoms with Gasteiger partial charge in [-0.15, -0.1) is 0 Å². The molecule has 0 bridgehead atoms. The summed E-state index contributed by atoms with van der Waals surface area (Å²) in [6, 6.07) is 0. The third-order valence-electron chi connectivity index (χ3n) is 16.4. The average molecular weight is 1250 g/mol. The first-order valence-electron chi connectivity index (χ1n) is 34.4. The van der Waals surface area contributed by atoms with Crippen LogP contribution in [0.25, 0.3) is 0 Å². The molecule has 0 heterocycles. The van der Waals surface area contributed by atoms with Crippen molar-refractivity contribution in [2.75, 3.05) is 106 Å². The van der Waals surface area contributed by atoms with Crippen LogP contribution in [0, 0.1) is 5.41 Å². The number of ketones is 2. The van der Waals surface area contributed by atoms with Gasteiger partial charge in [-0.2, -0.15) is 0 Å². The van der Waals surface area contributed by atoms with E-state index in [-0.39, 0.29) is 106 Å². The van der Waals surface area contributed by atoms with Crippen molar-refractivity contribution in [3.8, 4) is 0 Å². The first kappa shape index (κ1) is 81.3. The minimum atomic E-state index is -2.55. The molecule has 87 heavy (non-hydrogen) atoms. The molecule has 512 valence electrons. The highest BCUT2D eigenvalue weighted by Crippen LogP contribution is 2.74. The van der Waals surface area contributed by atoms with Crippen LogP contribution in [0.1, 0.15) is 240 Å². The Bertz CT molecular complexity index is 1750.